The van der Waals surface area contributed by atoms with E-state index < -0.39 is 0 Å². The molecule has 28 heavy (non-hydrogen) atoms. The van der Waals surface area contributed by atoms with Crippen LogP contribution >= 0.6 is 12.2 Å². The van der Waals surface area contributed by atoms with Crippen LogP contribution in [0.25, 0.3) is 5.69 Å². The Balaban J connectivity index is 1.49. The van der Waals surface area contributed by atoms with Gasteiger partial charge in [0.1, 0.15) is 5.76 Å². The second-order valence-corrected chi connectivity index (χ2v) is 6.79. The smallest absolute Gasteiger partial charge is 0.294 e. The number of benzene rings is 1. The van der Waals surface area contributed by atoms with Crippen LogP contribution in [0.3, 0.4) is 0 Å². The number of hydrazine groups is 1. The quantitative estimate of drug-likeness (QED) is 0.678. The molecular weight excluding hydrogens is 376 g/mol. The number of para-hydroxylation sites is 1. The highest BCUT2D eigenvalue weighted by molar-refractivity contribution is 7.80. The van der Waals surface area contributed by atoms with Gasteiger partial charge in [-0.2, -0.15) is 9.90 Å². The minimum Gasteiger partial charge on any atom is -0.467 e. The van der Waals surface area contributed by atoms with Crippen LogP contribution < -0.4 is 5.32 Å². The zero-order valence-electron chi connectivity index (χ0n) is 15.4. The normalized spacial score (nSPS) is 13.8. The van der Waals surface area contributed by atoms with Crippen molar-refractivity contribution in [3.8, 4) is 5.69 Å². The highest BCUT2D eigenvalue weighted by Gasteiger charge is 2.32. The zero-order valence-corrected chi connectivity index (χ0v) is 16.2. The molecule has 0 unspecified atom stereocenters. The van der Waals surface area contributed by atoms with Crippen molar-refractivity contribution in [2.75, 3.05) is 13.1 Å². The number of hydrogen-bond donors (Lipinski definition) is 1. The van der Waals surface area contributed by atoms with E-state index in [-0.39, 0.29) is 5.91 Å². The minimum atomic E-state index is -0.209. The van der Waals surface area contributed by atoms with Crippen LogP contribution in [0.1, 0.15) is 28.4 Å². The van der Waals surface area contributed by atoms with E-state index in [9.17, 15) is 4.79 Å². The number of nitrogens with one attached hydrogen (secondary N) is 1. The number of hydrogen-bond acceptors (Lipinski definition) is 5. The van der Waals surface area contributed by atoms with Gasteiger partial charge in [0.05, 0.1) is 24.2 Å². The second kappa shape index (κ2) is 7.81. The lowest BCUT2D eigenvalue weighted by Crippen LogP contribution is -2.49. The van der Waals surface area contributed by atoms with Gasteiger partial charge in [-0.05, 0) is 49.8 Å². The highest BCUT2D eigenvalue weighted by atomic mass is 32.1. The molecule has 1 fully saturated rings. The molecular formula is C19H20N6O2S. The molecule has 1 aliphatic rings. The Morgan fingerprint density at radius 3 is 2.68 bits per heavy atom. The average molecular weight is 396 g/mol. The van der Waals surface area contributed by atoms with Gasteiger partial charge in [-0.3, -0.25) is 9.80 Å². The first kappa shape index (κ1) is 18.2. The first-order valence-corrected chi connectivity index (χ1v) is 9.43. The van der Waals surface area contributed by atoms with Gasteiger partial charge in [0.15, 0.2) is 10.8 Å². The first-order chi connectivity index (χ1) is 13.6. The maximum atomic E-state index is 13.1. The summed E-state index contributed by atoms with van der Waals surface area (Å²) in [5.74, 6) is 0.570. The number of aryl methyl sites for hydroxylation is 1. The van der Waals surface area contributed by atoms with E-state index in [1.54, 1.807) is 23.2 Å². The van der Waals surface area contributed by atoms with E-state index in [4.69, 9.17) is 16.6 Å². The summed E-state index contributed by atoms with van der Waals surface area (Å²) in [5, 5.41) is 15.8. The topological polar surface area (TPSA) is 79.4 Å². The van der Waals surface area contributed by atoms with Crippen molar-refractivity contribution in [1.82, 2.24) is 30.3 Å². The van der Waals surface area contributed by atoms with E-state index in [1.165, 1.54) is 4.80 Å². The molecule has 3 heterocycles. The number of aromatic nitrogens is 3. The molecule has 0 saturated carbocycles. The molecule has 1 amide bonds. The molecule has 0 aliphatic carbocycles. The number of thiocarbonyl (C=S) groups is 1. The second-order valence-electron chi connectivity index (χ2n) is 6.40. The van der Waals surface area contributed by atoms with Crippen LogP contribution in [0.2, 0.25) is 0 Å². The summed E-state index contributed by atoms with van der Waals surface area (Å²) in [6.45, 7) is 3.50. The van der Waals surface area contributed by atoms with E-state index in [0.29, 0.717) is 36.1 Å². The molecule has 9 heteroatoms. The summed E-state index contributed by atoms with van der Waals surface area (Å²) < 4.78 is 5.31. The maximum Gasteiger partial charge on any atom is 0.294 e. The number of carbonyl (C=O) groups is 1. The largest absolute Gasteiger partial charge is 0.467 e. The average Bonchev–Trinajstić information content (AvgIpc) is 3.47. The molecule has 0 spiro atoms. The molecule has 1 aromatic carbocycles. The summed E-state index contributed by atoms with van der Waals surface area (Å²) in [4.78, 5) is 14.6. The fraction of sp³-hybridized carbons (Fsp3) is 0.263. The first-order valence-electron chi connectivity index (χ1n) is 9.02. The summed E-state index contributed by atoms with van der Waals surface area (Å²) in [5.41, 5.74) is 1.71. The Morgan fingerprint density at radius 2 is 1.93 bits per heavy atom. The molecule has 8 nitrogen and oxygen atoms in total. The molecule has 4 rings (SSSR count). The Labute approximate surface area is 167 Å². The lowest BCUT2D eigenvalue weighted by molar-refractivity contribution is 0.0484. The number of amides is 1. The highest BCUT2D eigenvalue weighted by Crippen LogP contribution is 2.17. The number of rotatable bonds is 4. The van der Waals surface area contributed by atoms with Gasteiger partial charge < -0.3 is 9.73 Å². The molecule has 3 aromatic rings. The Morgan fingerprint density at radius 1 is 1.14 bits per heavy atom. The van der Waals surface area contributed by atoms with Crippen molar-refractivity contribution in [2.45, 2.75) is 19.9 Å². The van der Waals surface area contributed by atoms with E-state index >= 15 is 0 Å². The van der Waals surface area contributed by atoms with Gasteiger partial charge in [-0.15, -0.1) is 5.10 Å². The van der Waals surface area contributed by atoms with Gasteiger partial charge in [0, 0.05) is 13.1 Å². The zero-order chi connectivity index (χ0) is 19.5. The summed E-state index contributed by atoms with van der Waals surface area (Å²) >= 11 is 5.49. The van der Waals surface area contributed by atoms with Crippen molar-refractivity contribution in [3.63, 3.8) is 0 Å². The third-order valence-electron chi connectivity index (χ3n) is 4.47. The predicted molar refractivity (Wildman–Crippen MR) is 107 cm³/mol. The Hall–Kier alpha value is -3.20. The van der Waals surface area contributed by atoms with Crippen LogP contribution in [-0.2, 0) is 6.54 Å². The third kappa shape index (κ3) is 3.61. The molecule has 1 saturated heterocycles. The number of nitrogens with zero attached hydrogens (tertiary/aromatic N) is 5. The van der Waals surface area contributed by atoms with Crippen LogP contribution in [0.15, 0.2) is 53.1 Å². The lowest BCUT2D eigenvalue weighted by atomic mass is 10.3. The third-order valence-corrected chi connectivity index (χ3v) is 4.82. The fourth-order valence-electron chi connectivity index (χ4n) is 3.08. The minimum absolute atomic E-state index is 0.209. The monoisotopic (exact) mass is 396 g/mol. The number of carbonyl (C=O) groups excluding carboxylic acids is 1. The standard InChI is InChI=1S/C19H20N6O2S/c1-14-17(22-25(21-14)15-7-3-2-4-8-15)18(26)23-10-6-11-24(23)19(28)20-13-16-9-5-12-27-16/h2-5,7-9,12H,6,10-11,13H2,1H3,(H,20,28). The molecule has 144 valence electrons. The van der Waals surface area contributed by atoms with Gasteiger partial charge in [0.25, 0.3) is 5.91 Å². The van der Waals surface area contributed by atoms with Crippen LogP contribution in [0.5, 0.6) is 0 Å². The predicted octanol–water partition coefficient (Wildman–Crippen LogP) is 2.31. The summed E-state index contributed by atoms with van der Waals surface area (Å²) in [7, 11) is 0. The molecule has 1 N–H and O–H groups in total. The van der Waals surface area contributed by atoms with Crippen LogP contribution in [-0.4, -0.2) is 49.1 Å². The van der Waals surface area contributed by atoms with Gasteiger partial charge in [-0.25, -0.2) is 5.01 Å². The van der Waals surface area contributed by atoms with Crippen LogP contribution in [0.4, 0.5) is 0 Å². The lowest BCUT2D eigenvalue weighted by Gasteiger charge is -2.29. The molecule has 0 bridgehead atoms. The van der Waals surface area contributed by atoms with Crippen LogP contribution in [0, 0.1) is 6.92 Å². The molecule has 0 atom stereocenters. The summed E-state index contributed by atoms with van der Waals surface area (Å²) in [6.07, 6.45) is 2.45. The molecule has 0 radical (unpaired) electrons. The van der Waals surface area contributed by atoms with Crippen molar-refractivity contribution in [1.29, 1.82) is 0 Å². The summed E-state index contributed by atoms with van der Waals surface area (Å²) in [6, 6.07) is 13.2. The van der Waals surface area contributed by atoms with E-state index in [1.807, 2.05) is 42.5 Å². The van der Waals surface area contributed by atoms with Gasteiger partial charge in [-0.1, -0.05) is 18.2 Å². The van der Waals surface area contributed by atoms with Crippen molar-refractivity contribution >= 4 is 23.2 Å². The van der Waals surface area contributed by atoms with Gasteiger partial charge in [0.2, 0.25) is 0 Å². The SMILES string of the molecule is Cc1nn(-c2ccccc2)nc1C(=O)N1CCCN1C(=S)NCc1ccco1. The van der Waals surface area contributed by atoms with Gasteiger partial charge >= 0.3 is 0 Å². The van der Waals surface area contributed by atoms with Crippen molar-refractivity contribution in [3.05, 3.63) is 65.9 Å². The Bertz CT molecular complexity index is 970. The van der Waals surface area contributed by atoms with E-state index in [2.05, 4.69) is 15.5 Å². The molecule has 1 aliphatic heterocycles. The Kier molecular flexibility index (Phi) is 5.07. The van der Waals surface area contributed by atoms with Crippen molar-refractivity contribution in [2.24, 2.45) is 0 Å². The molecule has 2 aromatic heterocycles. The number of furan rings is 1. The maximum absolute atomic E-state index is 13.1. The fourth-order valence-corrected chi connectivity index (χ4v) is 3.34. The van der Waals surface area contributed by atoms with E-state index in [0.717, 1.165) is 17.9 Å². The van der Waals surface area contributed by atoms with Crippen molar-refractivity contribution < 1.29 is 9.21 Å².